The molecule has 0 aliphatic rings. The van der Waals surface area contributed by atoms with Crippen LogP contribution < -0.4 is 11.1 Å². The Labute approximate surface area is 208 Å². The van der Waals surface area contributed by atoms with E-state index in [4.69, 9.17) is 24.7 Å². The average molecular weight is 510 g/mol. The number of nitrogens with one attached hydrogen (secondary N) is 1. The Morgan fingerprint density at radius 2 is 1.31 bits per heavy atom. The number of hydrogen-bond donors (Lipinski definition) is 2. The number of rotatable bonds is 12. The van der Waals surface area contributed by atoms with E-state index in [1.54, 1.807) is 0 Å². The summed E-state index contributed by atoms with van der Waals surface area (Å²) in [5.74, 6) is -3.82. The van der Waals surface area contributed by atoms with Crippen LogP contribution in [0.5, 0.6) is 0 Å². The second-order valence-electron chi connectivity index (χ2n) is 7.66. The molecule has 0 saturated carbocycles. The van der Waals surface area contributed by atoms with Gasteiger partial charge in [-0.25, -0.2) is 0 Å². The largest absolute Gasteiger partial charge is 0.462 e. The van der Waals surface area contributed by atoms with Crippen molar-refractivity contribution in [2.24, 2.45) is 0 Å². The molecule has 0 radical (unpaired) electrons. The van der Waals surface area contributed by atoms with E-state index in [1.807, 2.05) is 0 Å². The minimum absolute atomic E-state index is 0.0472. The third kappa shape index (κ3) is 10.4. The number of amides is 2. The van der Waals surface area contributed by atoms with Gasteiger partial charge in [-0.05, 0) is 18.2 Å². The zero-order chi connectivity index (χ0) is 27.4. The van der Waals surface area contributed by atoms with Crippen LogP contribution in [0.4, 0.5) is 5.69 Å². The van der Waals surface area contributed by atoms with Gasteiger partial charge in [0.2, 0.25) is 0 Å². The number of anilines is 1. The van der Waals surface area contributed by atoms with E-state index in [9.17, 15) is 28.8 Å². The zero-order valence-electron chi connectivity index (χ0n) is 20.8. The van der Waals surface area contributed by atoms with Gasteiger partial charge in [0.1, 0.15) is 13.2 Å². The van der Waals surface area contributed by atoms with Gasteiger partial charge in [-0.15, -0.1) is 0 Å². The van der Waals surface area contributed by atoms with Gasteiger partial charge in [0.05, 0.1) is 18.7 Å². The smallest absolute Gasteiger partial charge is 0.303 e. The molecule has 0 heterocycles. The summed E-state index contributed by atoms with van der Waals surface area (Å²) in [5, 5.41) is 2.42. The number of hydrogen-bond acceptors (Lipinski definition) is 11. The quantitative estimate of drug-likeness (QED) is 0.221. The molecule has 36 heavy (non-hydrogen) atoms. The van der Waals surface area contributed by atoms with Crippen LogP contribution in [0.3, 0.4) is 0 Å². The molecule has 2 amide bonds. The van der Waals surface area contributed by atoms with Gasteiger partial charge in [0.25, 0.3) is 11.8 Å². The summed E-state index contributed by atoms with van der Waals surface area (Å²) in [4.78, 5) is 72.6. The van der Waals surface area contributed by atoms with E-state index in [2.05, 4.69) is 5.32 Å². The molecule has 2 unspecified atom stereocenters. The van der Waals surface area contributed by atoms with E-state index in [-0.39, 0.29) is 43.1 Å². The number of esters is 4. The summed E-state index contributed by atoms with van der Waals surface area (Å²) in [6, 6.07) is 4.04. The fraction of sp³-hybridized carbons (Fsp3) is 0.478. The lowest BCUT2D eigenvalue weighted by atomic mass is 10.1. The molecule has 1 aromatic carbocycles. The van der Waals surface area contributed by atoms with Gasteiger partial charge in [-0.2, -0.15) is 0 Å². The van der Waals surface area contributed by atoms with E-state index in [1.165, 1.54) is 25.2 Å². The summed E-state index contributed by atoms with van der Waals surface area (Å²) in [5.41, 5.74) is 6.09. The lowest BCUT2D eigenvalue weighted by Crippen LogP contribution is -2.46. The van der Waals surface area contributed by atoms with Crippen molar-refractivity contribution in [3.8, 4) is 0 Å². The Balaban J connectivity index is 3.38. The number of carbonyl (C=O) groups is 6. The lowest BCUT2D eigenvalue weighted by molar-refractivity contribution is -0.159. The van der Waals surface area contributed by atoms with Crippen LogP contribution in [0, 0.1) is 0 Å². The number of benzene rings is 1. The van der Waals surface area contributed by atoms with Gasteiger partial charge in [0.15, 0.2) is 12.2 Å². The number of carbonyl (C=O) groups excluding carboxylic acids is 6. The molecule has 2 atom stereocenters. The second-order valence-corrected chi connectivity index (χ2v) is 7.66. The number of nitrogens with two attached hydrogens (primary N) is 1. The van der Waals surface area contributed by atoms with E-state index in [0.717, 1.165) is 32.6 Å². The first-order valence-electron chi connectivity index (χ1n) is 10.9. The van der Waals surface area contributed by atoms with Crippen LogP contribution in [0.2, 0.25) is 0 Å². The number of nitrogen functional groups attached to an aromatic ring is 1. The molecule has 3 N–H and O–H groups in total. The number of ether oxygens (including phenoxy) is 4. The summed E-state index contributed by atoms with van der Waals surface area (Å²) >= 11 is 0. The molecule has 0 spiro atoms. The van der Waals surface area contributed by atoms with Gasteiger partial charge in [-0.1, -0.05) is 0 Å². The highest BCUT2D eigenvalue weighted by Gasteiger charge is 2.28. The molecule has 0 fully saturated rings. The molecule has 0 aliphatic heterocycles. The highest BCUT2D eigenvalue weighted by atomic mass is 16.6. The predicted octanol–water partition coefficient (Wildman–Crippen LogP) is 0.0602. The third-order valence-electron chi connectivity index (χ3n) is 4.52. The lowest BCUT2D eigenvalue weighted by Gasteiger charge is -2.30. The van der Waals surface area contributed by atoms with Crippen molar-refractivity contribution in [2.75, 3.05) is 39.1 Å². The molecule has 198 valence electrons. The highest BCUT2D eigenvalue weighted by Crippen LogP contribution is 2.17. The van der Waals surface area contributed by atoms with Crippen molar-refractivity contribution < 1.29 is 47.7 Å². The molecule has 1 rings (SSSR count). The number of nitrogens with zero attached hydrogens (tertiary/aromatic N) is 1. The summed E-state index contributed by atoms with van der Waals surface area (Å²) < 4.78 is 20.3. The Morgan fingerprint density at radius 1 is 0.833 bits per heavy atom. The second kappa shape index (κ2) is 14.3. The molecule has 0 bridgehead atoms. The van der Waals surface area contributed by atoms with Crippen LogP contribution in [0.15, 0.2) is 18.2 Å². The summed E-state index contributed by atoms with van der Waals surface area (Å²) in [6.45, 7) is 3.33. The maximum atomic E-state index is 13.5. The van der Waals surface area contributed by atoms with Crippen LogP contribution in [0.1, 0.15) is 48.4 Å². The Morgan fingerprint density at radius 3 is 1.69 bits per heavy atom. The average Bonchev–Trinajstić information content (AvgIpc) is 2.79. The molecule has 1 aromatic rings. The fourth-order valence-electron chi connectivity index (χ4n) is 3.07. The first-order chi connectivity index (χ1) is 16.8. The standard InChI is InChI=1S/C23H31N3O10/c1-13(27)33-11-18(35-15(3)29)9-26(10-19(36-16(4)30)12-34-14(2)28)23(32)17-6-7-21(24)20(8-17)22(31)25-5/h6-8,18-19H,9-12,24H2,1-5H3,(H,25,31). The van der Waals surface area contributed by atoms with Gasteiger partial charge in [-0.3, -0.25) is 28.8 Å². The van der Waals surface area contributed by atoms with Crippen molar-refractivity contribution >= 4 is 41.4 Å². The molecule has 0 aromatic heterocycles. The normalized spacial score (nSPS) is 11.9. The third-order valence-corrected chi connectivity index (χ3v) is 4.52. The van der Waals surface area contributed by atoms with Crippen molar-refractivity contribution in [1.82, 2.24) is 10.2 Å². The first-order valence-corrected chi connectivity index (χ1v) is 10.9. The van der Waals surface area contributed by atoms with Crippen LogP contribution in [-0.4, -0.2) is 86.2 Å². The predicted molar refractivity (Wildman–Crippen MR) is 125 cm³/mol. The SMILES string of the molecule is CNC(=O)c1cc(C(=O)N(CC(COC(C)=O)OC(C)=O)CC(COC(C)=O)OC(C)=O)ccc1N. The first kappa shape index (κ1) is 29.9. The maximum absolute atomic E-state index is 13.5. The van der Waals surface area contributed by atoms with Crippen molar-refractivity contribution in [3.63, 3.8) is 0 Å². The van der Waals surface area contributed by atoms with E-state index in [0.29, 0.717) is 0 Å². The van der Waals surface area contributed by atoms with Gasteiger partial charge >= 0.3 is 23.9 Å². The molecular weight excluding hydrogens is 478 g/mol. The van der Waals surface area contributed by atoms with Crippen molar-refractivity contribution in [2.45, 2.75) is 39.9 Å². The van der Waals surface area contributed by atoms with E-state index >= 15 is 0 Å². The van der Waals surface area contributed by atoms with Crippen molar-refractivity contribution in [3.05, 3.63) is 29.3 Å². The van der Waals surface area contributed by atoms with Crippen LogP contribution in [0.25, 0.3) is 0 Å². The highest BCUT2D eigenvalue weighted by molar-refractivity contribution is 6.03. The topological polar surface area (TPSA) is 181 Å². The summed E-state index contributed by atoms with van der Waals surface area (Å²) in [6.07, 6.45) is -2.15. The molecule has 0 saturated heterocycles. The molecular formula is C23H31N3O10. The minimum Gasteiger partial charge on any atom is -0.462 e. The van der Waals surface area contributed by atoms with Crippen LogP contribution in [-0.2, 0) is 38.1 Å². The van der Waals surface area contributed by atoms with E-state index < -0.39 is 47.9 Å². The Bertz CT molecular complexity index is 954. The fourth-order valence-corrected chi connectivity index (χ4v) is 3.07. The minimum atomic E-state index is -1.07. The summed E-state index contributed by atoms with van der Waals surface area (Å²) in [7, 11) is 1.40. The molecule has 13 heteroatoms. The maximum Gasteiger partial charge on any atom is 0.303 e. The Kier molecular flexibility index (Phi) is 11.9. The van der Waals surface area contributed by atoms with Crippen molar-refractivity contribution in [1.29, 1.82) is 0 Å². The monoisotopic (exact) mass is 509 g/mol. The Hall–Kier alpha value is -4.16. The van der Waals surface area contributed by atoms with Crippen LogP contribution >= 0.6 is 0 Å². The van der Waals surface area contributed by atoms with Gasteiger partial charge < -0.3 is 34.9 Å². The zero-order valence-corrected chi connectivity index (χ0v) is 20.8. The molecule has 13 nitrogen and oxygen atoms in total. The van der Waals surface area contributed by atoms with Gasteiger partial charge in [0, 0.05) is 46.0 Å². The molecule has 0 aliphatic carbocycles.